The van der Waals surface area contributed by atoms with Gasteiger partial charge in [0.2, 0.25) is 0 Å². The minimum absolute atomic E-state index is 0.214. The average Bonchev–Trinajstić information content (AvgIpc) is 2.90. The van der Waals surface area contributed by atoms with Gasteiger partial charge in [0.25, 0.3) is 0 Å². The van der Waals surface area contributed by atoms with E-state index in [0.717, 1.165) is 5.69 Å². The number of carbonyl (C=O) groups excluding carboxylic acids is 1. The van der Waals surface area contributed by atoms with E-state index in [1.807, 2.05) is 32.0 Å². The van der Waals surface area contributed by atoms with Gasteiger partial charge in [-0.2, -0.15) is 0 Å². The van der Waals surface area contributed by atoms with E-state index in [2.05, 4.69) is 10.3 Å². The van der Waals surface area contributed by atoms with Gasteiger partial charge < -0.3 is 15.3 Å². The topological polar surface area (TPSA) is 82.5 Å². The monoisotopic (exact) mass is 305 g/mol. The minimum Gasteiger partial charge on any atom is -0.481 e. The van der Waals surface area contributed by atoms with Crippen molar-refractivity contribution in [3.05, 3.63) is 30.1 Å². The summed E-state index contributed by atoms with van der Waals surface area (Å²) in [4.78, 5) is 29.4. The number of carboxylic acid groups (broad SMARTS) is 1. The number of carbonyl (C=O) groups is 2. The van der Waals surface area contributed by atoms with Crippen molar-refractivity contribution in [3.8, 4) is 0 Å². The Balaban J connectivity index is 1.92. The maximum absolute atomic E-state index is 12.2. The Morgan fingerprint density at radius 1 is 1.45 bits per heavy atom. The van der Waals surface area contributed by atoms with E-state index in [9.17, 15) is 14.7 Å². The lowest BCUT2D eigenvalue weighted by atomic mass is 9.89. The summed E-state index contributed by atoms with van der Waals surface area (Å²) in [6, 6.07) is 5.50. The van der Waals surface area contributed by atoms with Crippen molar-refractivity contribution in [1.82, 2.24) is 15.2 Å². The number of aromatic nitrogens is 1. The van der Waals surface area contributed by atoms with Gasteiger partial charge in [-0.3, -0.25) is 9.78 Å². The molecule has 1 aromatic rings. The standard InChI is InChI=1S/C16H23N3O3/c1-15(2,12-6-4-5-8-17-12)10-18-14(22)19-9-7-16(3,11-19)13(20)21/h4-6,8H,7,9-11H2,1-3H3,(H,18,22)(H,20,21). The minimum atomic E-state index is -0.850. The molecular weight excluding hydrogens is 282 g/mol. The Morgan fingerprint density at radius 3 is 2.73 bits per heavy atom. The number of rotatable bonds is 4. The van der Waals surface area contributed by atoms with Gasteiger partial charge in [0, 0.05) is 36.9 Å². The van der Waals surface area contributed by atoms with Crippen molar-refractivity contribution in [3.63, 3.8) is 0 Å². The van der Waals surface area contributed by atoms with Crippen molar-refractivity contribution in [1.29, 1.82) is 0 Å². The molecule has 0 saturated carbocycles. The third-order valence-electron chi connectivity index (χ3n) is 4.32. The summed E-state index contributed by atoms with van der Waals surface area (Å²) in [7, 11) is 0. The lowest BCUT2D eigenvalue weighted by Crippen LogP contribution is -2.45. The van der Waals surface area contributed by atoms with Gasteiger partial charge in [-0.05, 0) is 25.5 Å². The van der Waals surface area contributed by atoms with E-state index in [1.165, 1.54) is 0 Å². The molecule has 2 N–H and O–H groups in total. The number of hydrogen-bond acceptors (Lipinski definition) is 3. The molecule has 0 aromatic carbocycles. The number of nitrogens with one attached hydrogen (secondary N) is 1. The predicted molar refractivity (Wildman–Crippen MR) is 82.6 cm³/mol. The first kappa shape index (κ1) is 16.3. The van der Waals surface area contributed by atoms with Crippen LogP contribution in [-0.2, 0) is 10.2 Å². The van der Waals surface area contributed by atoms with Crippen LogP contribution in [0.3, 0.4) is 0 Å². The van der Waals surface area contributed by atoms with Crippen LogP contribution in [0, 0.1) is 5.41 Å². The first-order chi connectivity index (χ1) is 10.2. The molecule has 0 aliphatic carbocycles. The fourth-order valence-electron chi connectivity index (χ4n) is 2.57. The predicted octanol–water partition coefficient (Wildman–Crippen LogP) is 1.87. The van der Waals surface area contributed by atoms with E-state index in [1.54, 1.807) is 18.0 Å². The molecule has 1 fully saturated rings. The Labute approximate surface area is 130 Å². The number of amides is 2. The van der Waals surface area contributed by atoms with Crippen molar-refractivity contribution >= 4 is 12.0 Å². The maximum Gasteiger partial charge on any atom is 0.317 e. The second kappa shape index (κ2) is 5.94. The fraction of sp³-hybridized carbons (Fsp3) is 0.562. The highest BCUT2D eigenvalue weighted by Gasteiger charge is 2.42. The number of aliphatic carboxylic acids is 1. The summed E-state index contributed by atoms with van der Waals surface area (Å²) in [6.45, 7) is 6.88. The summed E-state index contributed by atoms with van der Waals surface area (Å²) < 4.78 is 0. The molecule has 0 bridgehead atoms. The molecule has 120 valence electrons. The third kappa shape index (κ3) is 3.37. The van der Waals surface area contributed by atoms with Crippen LogP contribution >= 0.6 is 0 Å². The normalized spacial score (nSPS) is 21.7. The highest BCUT2D eigenvalue weighted by molar-refractivity contribution is 5.79. The molecule has 6 heteroatoms. The Kier molecular flexibility index (Phi) is 4.39. The van der Waals surface area contributed by atoms with E-state index >= 15 is 0 Å². The zero-order chi connectivity index (χ0) is 16.4. The summed E-state index contributed by atoms with van der Waals surface area (Å²) in [6.07, 6.45) is 2.22. The first-order valence-corrected chi connectivity index (χ1v) is 7.42. The van der Waals surface area contributed by atoms with Crippen LogP contribution in [0.15, 0.2) is 24.4 Å². The molecule has 0 radical (unpaired) electrons. The van der Waals surface area contributed by atoms with Gasteiger partial charge in [0.1, 0.15) is 0 Å². The van der Waals surface area contributed by atoms with E-state index in [0.29, 0.717) is 19.5 Å². The van der Waals surface area contributed by atoms with Gasteiger partial charge in [0.15, 0.2) is 0 Å². The molecule has 2 rings (SSSR count). The zero-order valence-electron chi connectivity index (χ0n) is 13.3. The van der Waals surface area contributed by atoms with Gasteiger partial charge >= 0.3 is 12.0 Å². The lowest BCUT2D eigenvalue weighted by molar-refractivity contribution is -0.147. The number of pyridine rings is 1. The molecule has 22 heavy (non-hydrogen) atoms. The van der Waals surface area contributed by atoms with Crippen LogP contribution < -0.4 is 5.32 Å². The molecule has 2 amide bonds. The second-order valence-corrected chi connectivity index (χ2v) is 6.79. The molecule has 1 atom stereocenters. The lowest BCUT2D eigenvalue weighted by Gasteiger charge is -2.26. The molecule has 0 spiro atoms. The van der Waals surface area contributed by atoms with Crippen LogP contribution in [0.1, 0.15) is 32.9 Å². The van der Waals surface area contributed by atoms with E-state index < -0.39 is 11.4 Å². The summed E-state index contributed by atoms with van der Waals surface area (Å²) in [5, 5.41) is 12.1. The first-order valence-electron chi connectivity index (χ1n) is 7.42. The van der Waals surface area contributed by atoms with Crippen LogP contribution in [0.25, 0.3) is 0 Å². The smallest absolute Gasteiger partial charge is 0.317 e. The van der Waals surface area contributed by atoms with Crippen LogP contribution in [-0.4, -0.2) is 46.6 Å². The molecule has 1 aliphatic rings. The van der Waals surface area contributed by atoms with E-state index in [4.69, 9.17) is 0 Å². The number of urea groups is 1. The fourth-order valence-corrected chi connectivity index (χ4v) is 2.57. The molecule has 2 heterocycles. The van der Waals surface area contributed by atoms with Crippen LogP contribution in [0.2, 0.25) is 0 Å². The highest BCUT2D eigenvalue weighted by atomic mass is 16.4. The third-order valence-corrected chi connectivity index (χ3v) is 4.32. The average molecular weight is 305 g/mol. The van der Waals surface area contributed by atoms with Gasteiger partial charge in [-0.1, -0.05) is 19.9 Å². The number of hydrogen-bond donors (Lipinski definition) is 2. The van der Waals surface area contributed by atoms with Crippen LogP contribution in [0.5, 0.6) is 0 Å². The molecule has 1 saturated heterocycles. The second-order valence-electron chi connectivity index (χ2n) is 6.79. The largest absolute Gasteiger partial charge is 0.481 e. The van der Waals surface area contributed by atoms with Gasteiger partial charge in [0.05, 0.1) is 5.41 Å². The summed E-state index contributed by atoms with van der Waals surface area (Å²) >= 11 is 0. The number of carboxylic acids is 1. The number of nitrogens with zero attached hydrogens (tertiary/aromatic N) is 2. The Bertz CT molecular complexity index is 559. The Morgan fingerprint density at radius 2 is 2.18 bits per heavy atom. The summed E-state index contributed by atoms with van der Waals surface area (Å²) in [5.74, 6) is -0.850. The molecular formula is C16H23N3O3. The van der Waals surface area contributed by atoms with Gasteiger partial charge in [-0.15, -0.1) is 0 Å². The Hall–Kier alpha value is -2.11. The molecule has 1 aliphatic heterocycles. The van der Waals surface area contributed by atoms with E-state index in [-0.39, 0.29) is 18.0 Å². The van der Waals surface area contributed by atoms with Crippen LogP contribution in [0.4, 0.5) is 4.79 Å². The SMILES string of the molecule is CC1(C(=O)O)CCN(C(=O)NCC(C)(C)c2ccccn2)C1. The maximum atomic E-state index is 12.2. The molecule has 6 nitrogen and oxygen atoms in total. The summed E-state index contributed by atoms with van der Waals surface area (Å²) in [5.41, 5.74) is -0.215. The quantitative estimate of drug-likeness (QED) is 0.889. The molecule has 1 aromatic heterocycles. The number of likely N-dealkylation sites (tertiary alicyclic amines) is 1. The highest BCUT2D eigenvalue weighted by Crippen LogP contribution is 2.30. The zero-order valence-corrected chi connectivity index (χ0v) is 13.3. The van der Waals surface area contributed by atoms with Crippen molar-refractivity contribution < 1.29 is 14.7 Å². The van der Waals surface area contributed by atoms with Crippen molar-refractivity contribution in [2.75, 3.05) is 19.6 Å². The van der Waals surface area contributed by atoms with Crippen molar-refractivity contribution in [2.45, 2.75) is 32.6 Å². The molecule has 1 unspecified atom stereocenters. The van der Waals surface area contributed by atoms with Gasteiger partial charge in [-0.25, -0.2) is 4.79 Å². The van der Waals surface area contributed by atoms with Crippen molar-refractivity contribution in [2.24, 2.45) is 5.41 Å².